The van der Waals surface area contributed by atoms with E-state index in [0.29, 0.717) is 25.1 Å². The smallest absolute Gasteiger partial charge is 0.280 e. The Morgan fingerprint density at radius 2 is 2.15 bits per heavy atom. The molecule has 1 aromatic heterocycles. The van der Waals surface area contributed by atoms with Gasteiger partial charge in [0.05, 0.1) is 17.8 Å². The van der Waals surface area contributed by atoms with Gasteiger partial charge in [0.15, 0.2) is 11.6 Å². The van der Waals surface area contributed by atoms with E-state index in [2.05, 4.69) is 20.6 Å². The van der Waals surface area contributed by atoms with Gasteiger partial charge in [0.2, 0.25) is 0 Å². The van der Waals surface area contributed by atoms with Gasteiger partial charge in [-0.15, -0.1) is 10.2 Å². The molecule has 2 aliphatic rings. The Balaban J connectivity index is 1.46. The van der Waals surface area contributed by atoms with Crippen molar-refractivity contribution in [2.75, 3.05) is 0 Å². The molecule has 0 saturated heterocycles. The summed E-state index contributed by atoms with van der Waals surface area (Å²) in [7, 11) is 0. The number of hydrogen-bond acceptors (Lipinski definition) is 6. The number of carbonyl (C=O) groups is 1. The Bertz CT molecular complexity index is 1070. The van der Waals surface area contributed by atoms with Gasteiger partial charge in [-0.1, -0.05) is 60.2 Å². The zero-order valence-corrected chi connectivity index (χ0v) is 19.2. The lowest BCUT2D eigenvalue weighted by molar-refractivity contribution is -0.118. The second kappa shape index (κ2) is 9.84. The normalized spacial score (nSPS) is 29.1. The predicted octanol–water partition coefficient (Wildman–Crippen LogP) is 3.31. The number of nitrogens with one attached hydrogen (secondary N) is 1. The summed E-state index contributed by atoms with van der Waals surface area (Å²) in [6.07, 6.45) is 3.59. The molecule has 2 saturated carbocycles. The molecule has 0 spiro atoms. The van der Waals surface area contributed by atoms with E-state index in [0.717, 1.165) is 11.1 Å². The Morgan fingerprint density at radius 3 is 2.85 bits per heavy atom. The van der Waals surface area contributed by atoms with Gasteiger partial charge >= 0.3 is 0 Å². The summed E-state index contributed by atoms with van der Waals surface area (Å²) in [6, 6.07) is 7.75. The molecule has 182 valence electrons. The first kappa shape index (κ1) is 24.3. The minimum absolute atomic E-state index is 0.00216. The molecule has 1 unspecified atom stereocenters. The number of ketones is 1. The zero-order chi connectivity index (χ0) is 24.5. The molecule has 0 radical (unpaired) electrons. The standard InChI is InChI=1S/C25H30F2N4O3/c1-14-6-5-7-16(12-14)15(2)20(32)11-10-17-21(33)13-18-23(17)25(26,27)19(24(18)34)8-3-4-9-22-28-30-31-29-22/h5-8,10-12,15,17-18,20-21,23,32-33H,3-4,9,13H2,1-2H3,(H,28,29,30,31)/b11-10+,19-8-/t15?,17-,18-,20+,21+,23+/m0/s1. The molecule has 1 aromatic carbocycles. The van der Waals surface area contributed by atoms with Crippen LogP contribution in [0.1, 0.15) is 49.1 Å². The first-order chi connectivity index (χ1) is 16.2. The van der Waals surface area contributed by atoms with Gasteiger partial charge in [-0.05, 0) is 31.7 Å². The van der Waals surface area contributed by atoms with E-state index >= 15 is 8.78 Å². The SMILES string of the molecule is Cc1cccc(C(C)[C@H](O)/C=C/[C@@H]2[C@@H]3[C@H](C[C@H]2O)C(=O)/C(=C/CCCc2nn[nH]n2)C3(F)F)c1. The quantitative estimate of drug-likeness (QED) is 0.309. The summed E-state index contributed by atoms with van der Waals surface area (Å²) in [6.45, 7) is 3.82. The van der Waals surface area contributed by atoms with Crippen LogP contribution < -0.4 is 0 Å². The number of halogens is 2. The number of aliphatic hydroxyl groups excluding tert-OH is 2. The van der Waals surface area contributed by atoms with E-state index in [-0.39, 0.29) is 12.3 Å². The molecule has 0 bridgehead atoms. The molecule has 1 heterocycles. The number of aromatic nitrogens is 4. The minimum atomic E-state index is -3.34. The van der Waals surface area contributed by atoms with Crippen LogP contribution >= 0.6 is 0 Å². The molecule has 2 fully saturated rings. The second-order valence-electron chi connectivity index (χ2n) is 9.42. The first-order valence-electron chi connectivity index (χ1n) is 11.7. The number of H-pyrrole nitrogens is 1. The van der Waals surface area contributed by atoms with Crippen molar-refractivity contribution in [3.63, 3.8) is 0 Å². The molecule has 7 nitrogen and oxygen atoms in total. The van der Waals surface area contributed by atoms with Crippen LogP contribution in [-0.2, 0) is 11.2 Å². The van der Waals surface area contributed by atoms with Gasteiger partial charge < -0.3 is 10.2 Å². The molecule has 0 aliphatic heterocycles. The minimum Gasteiger partial charge on any atom is -0.392 e. The van der Waals surface area contributed by atoms with Crippen molar-refractivity contribution < 1.29 is 23.8 Å². The molecule has 2 aliphatic carbocycles. The third-order valence-electron chi connectivity index (χ3n) is 7.12. The number of allylic oxidation sites excluding steroid dienone is 2. The van der Waals surface area contributed by atoms with Gasteiger partial charge in [0, 0.05) is 30.1 Å². The van der Waals surface area contributed by atoms with Crippen LogP contribution in [0, 0.1) is 24.7 Å². The van der Waals surface area contributed by atoms with Gasteiger partial charge in [-0.3, -0.25) is 4.79 Å². The highest BCUT2D eigenvalue weighted by atomic mass is 19.3. The van der Waals surface area contributed by atoms with Gasteiger partial charge in [0.1, 0.15) is 0 Å². The lowest BCUT2D eigenvalue weighted by Gasteiger charge is -2.25. The van der Waals surface area contributed by atoms with Crippen molar-refractivity contribution >= 4 is 5.78 Å². The fourth-order valence-corrected chi connectivity index (χ4v) is 5.22. The number of hydrogen-bond donors (Lipinski definition) is 3. The van der Waals surface area contributed by atoms with E-state index in [9.17, 15) is 15.0 Å². The van der Waals surface area contributed by atoms with Crippen LogP contribution in [0.4, 0.5) is 8.78 Å². The van der Waals surface area contributed by atoms with Crippen molar-refractivity contribution in [3.05, 3.63) is 65.0 Å². The van der Waals surface area contributed by atoms with Gasteiger partial charge in [0.25, 0.3) is 5.92 Å². The van der Waals surface area contributed by atoms with Crippen LogP contribution in [0.15, 0.2) is 48.1 Å². The lowest BCUT2D eigenvalue weighted by atomic mass is 9.86. The van der Waals surface area contributed by atoms with E-state index in [1.165, 1.54) is 18.2 Å². The Labute approximate surface area is 197 Å². The Kier molecular flexibility index (Phi) is 7.04. The molecule has 4 rings (SSSR count). The molecular weight excluding hydrogens is 442 g/mol. The molecular formula is C25H30F2N4O3. The predicted molar refractivity (Wildman–Crippen MR) is 121 cm³/mol. The van der Waals surface area contributed by atoms with Crippen molar-refractivity contribution in [2.24, 2.45) is 17.8 Å². The van der Waals surface area contributed by atoms with Crippen molar-refractivity contribution in [1.82, 2.24) is 20.6 Å². The summed E-state index contributed by atoms with van der Waals surface area (Å²) < 4.78 is 30.8. The van der Waals surface area contributed by atoms with E-state index in [4.69, 9.17) is 0 Å². The summed E-state index contributed by atoms with van der Waals surface area (Å²) >= 11 is 0. The monoisotopic (exact) mass is 472 g/mol. The molecule has 2 aromatic rings. The number of alkyl halides is 2. The maximum Gasteiger partial charge on any atom is 0.280 e. The molecule has 6 atom stereocenters. The number of nitrogens with zero attached hydrogens (tertiary/aromatic N) is 3. The topological polar surface area (TPSA) is 112 Å². The summed E-state index contributed by atoms with van der Waals surface area (Å²) in [4.78, 5) is 12.8. The largest absolute Gasteiger partial charge is 0.392 e. The number of aliphatic hydroxyl groups is 2. The Hall–Kier alpha value is -2.78. The first-order valence-corrected chi connectivity index (χ1v) is 11.7. The highest BCUT2D eigenvalue weighted by Gasteiger charge is 2.65. The number of aromatic amines is 1. The third kappa shape index (κ3) is 4.72. The summed E-state index contributed by atoms with van der Waals surface area (Å²) in [5.41, 5.74) is 1.54. The van der Waals surface area contributed by atoms with Crippen LogP contribution in [0.5, 0.6) is 0 Å². The highest BCUT2D eigenvalue weighted by Crippen LogP contribution is 2.56. The molecule has 3 N–H and O–H groups in total. The maximum atomic E-state index is 15.4. The van der Waals surface area contributed by atoms with Gasteiger partial charge in [-0.25, -0.2) is 8.78 Å². The number of carbonyl (C=O) groups excluding carboxylic acids is 1. The fourth-order valence-electron chi connectivity index (χ4n) is 5.22. The van der Waals surface area contributed by atoms with Crippen LogP contribution in [0.2, 0.25) is 0 Å². The zero-order valence-electron chi connectivity index (χ0n) is 19.2. The van der Waals surface area contributed by atoms with Crippen molar-refractivity contribution in [3.8, 4) is 0 Å². The van der Waals surface area contributed by atoms with Crippen LogP contribution in [-0.4, -0.2) is 54.8 Å². The second-order valence-corrected chi connectivity index (χ2v) is 9.42. The van der Waals surface area contributed by atoms with E-state index in [1.807, 2.05) is 38.1 Å². The molecule has 34 heavy (non-hydrogen) atoms. The average molecular weight is 473 g/mol. The lowest BCUT2D eigenvalue weighted by Crippen LogP contribution is -2.32. The number of Topliss-reactive ketones (excluding diaryl/α,β-unsaturated/α-hetero) is 1. The number of fused-ring (bicyclic) bond motifs is 1. The molecule has 0 amide bonds. The number of aryl methyl sites for hydroxylation is 2. The maximum absolute atomic E-state index is 15.4. The number of tetrazole rings is 1. The van der Waals surface area contributed by atoms with Crippen LogP contribution in [0.25, 0.3) is 0 Å². The summed E-state index contributed by atoms with van der Waals surface area (Å²) in [5.74, 6) is -6.82. The summed E-state index contributed by atoms with van der Waals surface area (Å²) in [5, 5.41) is 34.6. The molecule has 9 heteroatoms. The van der Waals surface area contributed by atoms with Crippen molar-refractivity contribution in [1.29, 1.82) is 0 Å². The number of unbranched alkanes of at least 4 members (excludes halogenated alkanes) is 1. The van der Waals surface area contributed by atoms with Crippen LogP contribution in [0.3, 0.4) is 0 Å². The fraction of sp³-hybridized carbons (Fsp3) is 0.520. The van der Waals surface area contributed by atoms with E-state index in [1.54, 1.807) is 0 Å². The third-order valence-corrected chi connectivity index (χ3v) is 7.12. The van der Waals surface area contributed by atoms with Crippen molar-refractivity contribution in [2.45, 2.75) is 63.6 Å². The average Bonchev–Trinajstić information content (AvgIpc) is 3.47. The highest BCUT2D eigenvalue weighted by molar-refractivity contribution is 6.02. The Morgan fingerprint density at radius 1 is 1.35 bits per heavy atom. The number of benzene rings is 1. The number of rotatable bonds is 8. The van der Waals surface area contributed by atoms with Gasteiger partial charge in [-0.2, -0.15) is 5.21 Å². The van der Waals surface area contributed by atoms with E-state index < -0.39 is 47.2 Å².